The Balaban J connectivity index is 1.45. The Hall–Kier alpha value is -3.05. The SMILES string of the molecule is CC(C)C(NCC(=O)Nc1cccc2ccccc12)c1ccc2c(c1)OCCCO2. The van der Waals surface area contributed by atoms with Crippen molar-refractivity contribution in [1.82, 2.24) is 5.32 Å². The topological polar surface area (TPSA) is 59.6 Å². The standard InChI is InChI=1S/C25H28N2O3/c1-17(2)25(19-11-12-22-23(15-19)30-14-6-13-29-22)26-16-24(28)27-21-10-5-8-18-7-3-4-9-20(18)21/h3-5,7-12,15,17,25-26H,6,13-14,16H2,1-2H3,(H,27,28). The fourth-order valence-corrected chi connectivity index (χ4v) is 3.84. The molecule has 2 N–H and O–H groups in total. The van der Waals surface area contributed by atoms with Crippen LogP contribution in [0.4, 0.5) is 5.69 Å². The van der Waals surface area contributed by atoms with Gasteiger partial charge >= 0.3 is 0 Å². The van der Waals surface area contributed by atoms with Gasteiger partial charge in [0.25, 0.3) is 0 Å². The number of hydrogen-bond acceptors (Lipinski definition) is 4. The molecule has 0 bridgehead atoms. The van der Waals surface area contributed by atoms with Crippen LogP contribution in [0, 0.1) is 5.92 Å². The van der Waals surface area contributed by atoms with Gasteiger partial charge < -0.3 is 20.1 Å². The summed E-state index contributed by atoms with van der Waals surface area (Å²) in [5.41, 5.74) is 1.92. The third-order valence-corrected chi connectivity index (χ3v) is 5.34. The van der Waals surface area contributed by atoms with Gasteiger partial charge in [0.1, 0.15) is 0 Å². The number of carbonyl (C=O) groups is 1. The molecule has 1 aliphatic rings. The molecular formula is C25H28N2O3. The van der Waals surface area contributed by atoms with Gasteiger partial charge in [-0.3, -0.25) is 4.79 Å². The van der Waals surface area contributed by atoms with Crippen LogP contribution in [-0.4, -0.2) is 25.7 Å². The van der Waals surface area contributed by atoms with Crippen molar-refractivity contribution in [1.29, 1.82) is 0 Å². The number of anilines is 1. The predicted octanol–water partition coefficient (Wildman–Crippen LogP) is 4.93. The van der Waals surface area contributed by atoms with Gasteiger partial charge in [0, 0.05) is 23.5 Å². The Morgan fingerprint density at radius 3 is 2.57 bits per heavy atom. The Kier molecular flexibility index (Phi) is 6.19. The summed E-state index contributed by atoms with van der Waals surface area (Å²) in [5, 5.41) is 8.61. The zero-order valence-corrected chi connectivity index (χ0v) is 17.5. The third-order valence-electron chi connectivity index (χ3n) is 5.34. The third kappa shape index (κ3) is 4.57. The van der Waals surface area contributed by atoms with E-state index in [-0.39, 0.29) is 18.5 Å². The van der Waals surface area contributed by atoms with E-state index in [0.717, 1.165) is 39.9 Å². The monoisotopic (exact) mass is 404 g/mol. The van der Waals surface area contributed by atoms with Crippen molar-refractivity contribution < 1.29 is 14.3 Å². The quantitative estimate of drug-likeness (QED) is 0.612. The molecule has 0 aromatic heterocycles. The van der Waals surface area contributed by atoms with Crippen LogP contribution in [0.3, 0.4) is 0 Å². The van der Waals surface area contributed by atoms with Crippen LogP contribution in [0.15, 0.2) is 60.7 Å². The molecule has 0 saturated heterocycles. The number of ether oxygens (including phenoxy) is 2. The summed E-state index contributed by atoms with van der Waals surface area (Å²) in [5.74, 6) is 1.80. The van der Waals surface area contributed by atoms with Crippen LogP contribution >= 0.6 is 0 Å². The number of nitrogens with one attached hydrogen (secondary N) is 2. The Morgan fingerprint density at radius 2 is 1.73 bits per heavy atom. The van der Waals surface area contributed by atoms with Gasteiger partial charge in [0.05, 0.1) is 19.8 Å². The Bertz CT molecular complexity index is 1030. The second-order valence-corrected chi connectivity index (χ2v) is 7.93. The second-order valence-electron chi connectivity index (χ2n) is 7.93. The zero-order valence-electron chi connectivity index (χ0n) is 17.5. The summed E-state index contributed by atoms with van der Waals surface area (Å²) in [7, 11) is 0. The lowest BCUT2D eigenvalue weighted by molar-refractivity contribution is -0.115. The molecule has 0 aliphatic carbocycles. The first-order chi connectivity index (χ1) is 14.6. The van der Waals surface area contributed by atoms with Crippen molar-refractivity contribution in [2.45, 2.75) is 26.3 Å². The lowest BCUT2D eigenvalue weighted by Crippen LogP contribution is -2.33. The molecule has 0 spiro atoms. The van der Waals surface area contributed by atoms with Crippen molar-refractivity contribution in [3.8, 4) is 11.5 Å². The number of hydrogen-bond donors (Lipinski definition) is 2. The minimum absolute atomic E-state index is 0.0282. The first-order valence-corrected chi connectivity index (χ1v) is 10.5. The maximum Gasteiger partial charge on any atom is 0.238 e. The molecule has 0 saturated carbocycles. The molecule has 1 heterocycles. The molecule has 0 radical (unpaired) electrons. The number of benzene rings is 3. The van der Waals surface area contributed by atoms with Gasteiger partial charge in [-0.25, -0.2) is 0 Å². The Morgan fingerprint density at radius 1 is 0.967 bits per heavy atom. The van der Waals surface area contributed by atoms with E-state index < -0.39 is 0 Å². The minimum atomic E-state index is -0.0636. The van der Waals surface area contributed by atoms with Crippen molar-refractivity contribution in [3.05, 3.63) is 66.2 Å². The number of amides is 1. The van der Waals surface area contributed by atoms with Crippen molar-refractivity contribution in [2.24, 2.45) is 5.92 Å². The van der Waals surface area contributed by atoms with Gasteiger partial charge in [-0.1, -0.05) is 56.3 Å². The predicted molar refractivity (Wildman–Crippen MR) is 120 cm³/mol. The highest BCUT2D eigenvalue weighted by Gasteiger charge is 2.20. The highest BCUT2D eigenvalue weighted by atomic mass is 16.5. The van der Waals surface area contributed by atoms with Gasteiger partial charge in [0.15, 0.2) is 11.5 Å². The van der Waals surface area contributed by atoms with Crippen LogP contribution < -0.4 is 20.1 Å². The molecule has 4 rings (SSSR count). The average molecular weight is 405 g/mol. The van der Waals surface area contributed by atoms with E-state index in [0.29, 0.717) is 19.1 Å². The second kappa shape index (κ2) is 9.18. The molecule has 156 valence electrons. The molecule has 5 nitrogen and oxygen atoms in total. The lowest BCUT2D eigenvalue weighted by atomic mass is 9.95. The fourth-order valence-electron chi connectivity index (χ4n) is 3.84. The van der Waals surface area contributed by atoms with Crippen molar-refractivity contribution in [3.63, 3.8) is 0 Å². The van der Waals surface area contributed by atoms with Crippen molar-refractivity contribution >= 4 is 22.4 Å². The smallest absolute Gasteiger partial charge is 0.238 e. The van der Waals surface area contributed by atoms with Gasteiger partial charge in [-0.15, -0.1) is 0 Å². The normalized spacial score (nSPS) is 14.4. The van der Waals surface area contributed by atoms with E-state index in [4.69, 9.17) is 9.47 Å². The van der Waals surface area contributed by atoms with E-state index in [1.54, 1.807) is 0 Å². The first-order valence-electron chi connectivity index (χ1n) is 10.5. The van der Waals surface area contributed by atoms with Gasteiger partial charge in [-0.05, 0) is 35.1 Å². The summed E-state index contributed by atoms with van der Waals surface area (Å²) < 4.78 is 11.6. The van der Waals surface area contributed by atoms with Gasteiger partial charge in [0.2, 0.25) is 5.91 Å². The molecule has 1 unspecified atom stereocenters. The molecule has 1 amide bonds. The molecule has 1 atom stereocenters. The fraction of sp³-hybridized carbons (Fsp3) is 0.320. The summed E-state index contributed by atoms with van der Waals surface area (Å²) >= 11 is 0. The molecule has 30 heavy (non-hydrogen) atoms. The van der Waals surface area contributed by atoms with Crippen LogP contribution in [0.5, 0.6) is 11.5 Å². The van der Waals surface area contributed by atoms with Gasteiger partial charge in [-0.2, -0.15) is 0 Å². The van der Waals surface area contributed by atoms with E-state index >= 15 is 0 Å². The molecule has 1 aliphatic heterocycles. The van der Waals surface area contributed by atoms with Crippen LogP contribution in [-0.2, 0) is 4.79 Å². The van der Waals surface area contributed by atoms with E-state index in [1.807, 2.05) is 60.7 Å². The van der Waals surface area contributed by atoms with E-state index in [1.165, 1.54) is 0 Å². The minimum Gasteiger partial charge on any atom is -0.490 e. The molecular weight excluding hydrogens is 376 g/mol. The van der Waals surface area contributed by atoms with Crippen LogP contribution in [0.1, 0.15) is 31.9 Å². The van der Waals surface area contributed by atoms with E-state index in [9.17, 15) is 4.79 Å². The number of rotatable bonds is 6. The summed E-state index contributed by atoms with van der Waals surface area (Å²) in [6, 6.07) is 20.0. The summed E-state index contributed by atoms with van der Waals surface area (Å²) in [6.45, 7) is 5.84. The zero-order chi connectivity index (χ0) is 20.9. The highest BCUT2D eigenvalue weighted by molar-refractivity contribution is 6.02. The summed E-state index contributed by atoms with van der Waals surface area (Å²) in [6.07, 6.45) is 0.879. The largest absolute Gasteiger partial charge is 0.490 e. The maximum atomic E-state index is 12.7. The first kappa shape index (κ1) is 20.2. The average Bonchev–Trinajstić information content (AvgIpc) is 2.99. The van der Waals surface area contributed by atoms with E-state index in [2.05, 4.69) is 24.5 Å². The molecule has 0 fully saturated rings. The lowest BCUT2D eigenvalue weighted by Gasteiger charge is -2.24. The molecule has 3 aromatic carbocycles. The highest BCUT2D eigenvalue weighted by Crippen LogP contribution is 2.34. The maximum absolute atomic E-state index is 12.7. The molecule has 3 aromatic rings. The summed E-state index contributed by atoms with van der Waals surface area (Å²) in [4.78, 5) is 12.7. The number of fused-ring (bicyclic) bond motifs is 2. The van der Waals surface area contributed by atoms with Crippen LogP contribution in [0.25, 0.3) is 10.8 Å². The number of carbonyl (C=O) groups excluding carboxylic acids is 1. The van der Waals surface area contributed by atoms with Crippen LogP contribution in [0.2, 0.25) is 0 Å². The Labute approximate surface area is 177 Å². The molecule has 5 heteroatoms. The van der Waals surface area contributed by atoms with Crippen molar-refractivity contribution in [2.75, 3.05) is 25.1 Å².